The Morgan fingerprint density at radius 3 is 2.58 bits per heavy atom. The van der Waals surface area contributed by atoms with Crippen LogP contribution >= 0.6 is 0 Å². The van der Waals surface area contributed by atoms with Crippen LogP contribution in [0, 0.1) is 0 Å². The molecule has 1 unspecified atom stereocenters. The molecule has 4 nitrogen and oxygen atoms in total. The molecule has 0 aromatic heterocycles. The molecule has 19 heavy (non-hydrogen) atoms. The zero-order valence-corrected chi connectivity index (χ0v) is 10.5. The van der Waals surface area contributed by atoms with Gasteiger partial charge >= 0.3 is 12.3 Å². The first kappa shape index (κ1) is 15.7. The van der Waals surface area contributed by atoms with Crippen LogP contribution in [0.15, 0.2) is 0 Å². The number of amides is 2. The van der Waals surface area contributed by atoms with Crippen LogP contribution in [-0.2, 0) is 9.59 Å². The third kappa shape index (κ3) is 4.07. The molecule has 1 N–H and O–H groups in total. The topological polar surface area (TPSA) is 49.4 Å². The molecule has 0 radical (unpaired) electrons. The van der Waals surface area contributed by atoms with Gasteiger partial charge in [-0.15, -0.1) is 0 Å². The van der Waals surface area contributed by atoms with Gasteiger partial charge in [0.15, 0.2) is 0 Å². The summed E-state index contributed by atoms with van der Waals surface area (Å²) in [5.74, 6) is -5.43. The summed E-state index contributed by atoms with van der Waals surface area (Å²) < 4.78 is 50.3. The van der Waals surface area contributed by atoms with Crippen molar-refractivity contribution >= 4 is 11.8 Å². The summed E-state index contributed by atoms with van der Waals surface area (Å²) in [5.41, 5.74) is 0. The van der Waals surface area contributed by atoms with E-state index in [2.05, 4.69) is 5.32 Å². The second-order valence-electron chi connectivity index (χ2n) is 4.48. The van der Waals surface area contributed by atoms with Crippen molar-refractivity contribution < 1.29 is 27.2 Å². The Hall–Kier alpha value is -1.34. The van der Waals surface area contributed by atoms with Gasteiger partial charge in [-0.3, -0.25) is 9.59 Å². The molecular formula is C11H16F4N2O2. The highest BCUT2D eigenvalue weighted by atomic mass is 19.3. The predicted octanol–water partition coefficient (Wildman–Crippen LogP) is 1.40. The van der Waals surface area contributed by atoms with Gasteiger partial charge in [0.05, 0.1) is 6.54 Å². The smallest absolute Gasteiger partial charge is 0.324 e. The molecule has 0 spiro atoms. The highest BCUT2D eigenvalue weighted by Gasteiger charge is 2.44. The van der Waals surface area contributed by atoms with Gasteiger partial charge in [-0.2, -0.15) is 8.78 Å². The van der Waals surface area contributed by atoms with Crippen molar-refractivity contribution in [3.63, 3.8) is 0 Å². The number of alkyl halides is 4. The van der Waals surface area contributed by atoms with E-state index in [0.29, 0.717) is 17.7 Å². The van der Waals surface area contributed by atoms with Gasteiger partial charge in [0, 0.05) is 13.0 Å². The van der Waals surface area contributed by atoms with Gasteiger partial charge in [0.2, 0.25) is 11.8 Å². The quantitative estimate of drug-likeness (QED) is 0.776. The SMILES string of the molecule is CCCC1NC(=O)CCN(CC(F)(F)C(F)F)C1=O. The fraction of sp³-hybridized carbons (Fsp3) is 0.818. The standard InChI is InChI=1S/C11H16F4N2O2/c1-2-3-7-9(19)17(5-4-8(18)16-7)6-11(14,15)10(12)13/h7,10H,2-6H2,1H3,(H,16,18). The first-order valence-electron chi connectivity index (χ1n) is 6.02. The summed E-state index contributed by atoms with van der Waals surface area (Å²) in [4.78, 5) is 23.9. The highest BCUT2D eigenvalue weighted by Crippen LogP contribution is 2.25. The normalized spacial score (nSPS) is 21.6. The van der Waals surface area contributed by atoms with Crippen molar-refractivity contribution in [3.8, 4) is 0 Å². The molecule has 0 bridgehead atoms. The highest BCUT2D eigenvalue weighted by molar-refractivity contribution is 5.89. The molecule has 1 saturated heterocycles. The number of hydrogen-bond acceptors (Lipinski definition) is 2. The monoisotopic (exact) mass is 284 g/mol. The van der Waals surface area contributed by atoms with Crippen LogP contribution in [0.5, 0.6) is 0 Å². The maximum Gasteiger partial charge on any atom is 0.324 e. The first-order valence-corrected chi connectivity index (χ1v) is 6.02. The van der Waals surface area contributed by atoms with E-state index in [1.54, 1.807) is 6.92 Å². The van der Waals surface area contributed by atoms with Gasteiger partial charge in [-0.05, 0) is 6.42 Å². The zero-order valence-electron chi connectivity index (χ0n) is 10.5. The number of rotatable bonds is 5. The Morgan fingerprint density at radius 2 is 2.05 bits per heavy atom. The van der Waals surface area contributed by atoms with Crippen LogP contribution in [0.4, 0.5) is 17.6 Å². The van der Waals surface area contributed by atoms with Crippen LogP contribution in [-0.4, -0.2) is 48.2 Å². The van der Waals surface area contributed by atoms with E-state index in [1.165, 1.54) is 0 Å². The van der Waals surface area contributed by atoms with Crippen molar-refractivity contribution in [2.45, 2.75) is 44.6 Å². The molecule has 1 aliphatic heterocycles. The van der Waals surface area contributed by atoms with E-state index in [0.717, 1.165) is 0 Å². The second-order valence-corrected chi connectivity index (χ2v) is 4.48. The van der Waals surface area contributed by atoms with Gasteiger partial charge in [-0.1, -0.05) is 13.3 Å². The summed E-state index contributed by atoms with van der Waals surface area (Å²) in [7, 11) is 0. The molecule has 1 heterocycles. The Balaban J connectivity index is 2.81. The lowest BCUT2D eigenvalue weighted by Gasteiger charge is -2.27. The molecule has 0 aromatic carbocycles. The number of hydrogen-bond donors (Lipinski definition) is 1. The molecular weight excluding hydrogens is 268 g/mol. The second kappa shape index (κ2) is 6.21. The predicted molar refractivity (Wildman–Crippen MR) is 59.0 cm³/mol. The molecule has 1 fully saturated rings. The lowest BCUT2D eigenvalue weighted by Crippen LogP contribution is -2.49. The van der Waals surface area contributed by atoms with Crippen molar-refractivity contribution in [2.24, 2.45) is 0 Å². The van der Waals surface area contributed by atoms with E-state index in [9.17, 15) is 27.2 Å². The van der Waals surface area contributed by atoms with E-state index >= 15 is 0 Å². The van der Waals surface area contributed by atoms with Gasteiger partial charge in [-0.25, -0.2) is 8.78 Å². The number of halogens is 4. The van der Waals surface area contributed by atoms with Crippen molar-refractivity contribution in [2.75, 3.05) is 13.1 Å². The molecule has 1 aliphatic rings. The van der Waals surface area contributed by atoms with Crippen LogP contribution in [0.3, 0.4) is 0 Å². The number of carbonyl (C=O) groups is 2. The molecule has 1 rings (SSSR count). The van der Waals surface area contributed by atoms with Crippen LogP contribution in [0.25, 0.3) is 0 Å². The lowest BCUT2D eigenvalue weighted by atomic mass is 10.1. The van der Waals surface area contributed by atoms with Gasteiger partial charge in [0.25, 0.3) is 0 Å². The average Bonchev–Trinajstić information content (AvgIpc) is 2.43. The minimum atomic E-state index is -4.26. The molecule has 2 amide bonds. The minimum absolute atomic E-state index is 0.161. The fourth-order valence-corrected chi connectivity index (χ4v) is 1.86. The molecule has 8 heteroatoms. The lowest BCUT2D eigenvalue weighted by molar-refractivity contribution is -0.157. The van der Waals surface area contributed by atoms with E-state index < -0.39 is 36.7 Å². The third-order valence-electron chi connectivity index (χ3n) is 2.85. The van der Waals surface area contributed by atoms with Crippen LogP contribution < -0.4 is 5.32 Å². The minimum Gasteiger partial charge on any atom is -0.344 e. The van der Waals surface area contributed by atoms with Crippen LogP contribution in [0.2, 0.25) is 0 Å². The number of carbonyl (C=O) groups excluding carboxylic acids is 2. The Kier molecular flexibility index (Phi) is 5.13. The Morgan fingerprint density at radius 1 is 1.42 bits per heavy atom. The molecule has 0 aromatic rings. The number of nitrogens with zero attached hydrogens (tertiary/aromatic N) is 1. The molecule has 1 atom stereocenters. The van der Waals surface area contributed by atoms with Crippen molar-refractivity contribution in [1.82, 2.24) is 10.2 Å². The van der Waals surface area contributed by atoms with Crippen LogP contribution in [0.1, 0.15) is 26.2 Å². The van der Waals surface area contributed by atoms with E-state index in [4.69, 9.17) is 0 Å². The largest absolute Gasteiger partial charge is 0.344 e. The van der Waals surface area contributed by atoms with Gasteiger partial charge < -0.3 is 10.2 Å². The fourth-order valence-electron chi connectivity index (χ4n) is 1.86. The Labute approximate surface area is 108 Å². The summed E-state index contributed by atoms with van der Waals surface area (Å²) >= 11 is 0. The summed E-state index contributed by atoms with van der Waals surface area (Å²) in [5, 5.41) is 2.41. The molecule has 0 saturated carbocycles. The van der Waals surface area contributed by atoms with Gasteiger partial charge in [0.1, 0.15) is 6.04 Å². The zero-order chi connectivity index (χ0) is 14.6. The number of nitrogens with one attached hydrogen (secondary N) is 1. The van der Waals surface area contributed by atoms with E-state index in [1.807, 2.05) is 0 Å². The first-order chi connectivity index (χ1) is 8.77. The third-order valence-corrected chi connectivity index (χ3v) is 2.85. The summed E-state index contributed by atoms with van der Waals surface area (Å²) in [6.07, 6.45) is -3.14. The molecule has 110 valence electrons. The van der Waals surface area contributed by atoms with E-state index in [-0.39, 0.29) is 13.0 Å². The van der Waals surface area contributed by atoms with Crippen molar-refractivity contribution in [1.29, 1.82) is 0 Å². The Bertz CT molecular complexity index is 350. The average molecular weight is 284 g/mol. The summed E-state index contributed by atoms with van der Waals surface area (Å²) in [6, 6.07) is -0.909. The maximum absolute atomic E-state index is 13.0. The van der Waals surface area contributed by atoms with Crippen molar-refractivity contribution in [3.05, 3.63) is 0 Å². The maximum atomic E-state index is 13.0. The molecule has 0 aliphatic carbocycles. The summed E-state index contributed by atoms with van der Waals surface area (Å²) in [6.45, 7) is 0.133.